The number of Topliss-reactive ketones (excluding diaryl/α,β-unsaturated/α-hetero) is 1. The number of carbonyl (C=O) groups is 2. The van der Waals surface area contributed by atoms with E-state index in [1.807, 2.05) is 36.5 Å². The molecular weight excluding hydrogens is 529 g/mol. The van der Waals surface area contributed by atoms with E-state index in [-0.39, 0.29) is 24.0 Å². The molecule has 0 saturated carbocycles. The number of esters is 1. The molecule has 0 N–H and O–H groups in total. The van der Waals surface area contributed by atoms with Crippen molar-refractivity contribution >= 4 is 29.4 Å². The van der Waals surface area contributed by atoms with Crippen LogP contribution in [0.25, 0.3) is 6.08 Å². The molecule has 0 unspecified atom stereocenters. The molecule has 1 aliphatic heterocycles. The molecule has 0 spiro atoms. The number of fused-ring (bicyclic) bond motifs is 1. The van der Waals surface area contributed by atoms with Crippen LogP contribution >= 0.6 is 11.6 Å². The van der Waals surface area contributed by atoms with E-state index in [1.165, 1.54) is 13.2 Å². The molecule has 3 aromatic rings. The number of likely N-dealkylation sites (N-methyl/N-ethyl adjacent to an activating group) is 1. The molecule has 8 heteroatoms. The summed E-state index contributed by atoms with van der Waals surface area (Å²) in [6.07, 6.45) is 5.69. The molecule has 2 aliphatic rings. The second-order valence-corrected chi connectivity index (χ2v) is 11.0. The Hall–Kier alpha value is -3.39. The number of methoxy groups -OCH3 is 1. The lowest BCUT2D eigenvalue weighted by Gasteiger charge is -2.32. The van der Waals surface area contributed by atoms with Gasteiger partial charge in [0.05, 0.1) is 12.8 Å². The number of halogens is 2. The number of aryl methyl sites for hydroxylation is 2. The van der Waals surface area contributed by atoms with E-state index in [0.29, 0.717) is 47.5 Å². The van der Waals surface area contributed by atoms with Crippen molar-refractivity contribution in [3.63, 3.8) is 0 Å². The van der Waals surface area contributed by atoms with E-state index in [2.05, 4.69) is 21.8 Å². The summed E-state index contributed by atoms with van der Waals surface area (Å²) in [5.74, 6) is -0.797. The topological polar surface area (TPSA) is 62.7 Å². The molecule has 1 aliphatic carbocycles. The predicted molar refractivity (Wildman–Crippen MR) is 154 cm³/mol. The number of ketones is 1. The Labute approximate surface area is 239 Å². The number of benzene rings is 2. The van der Waals surface area contributed by atoms with Crippen LogP contribution in [0.5, 0.6) is 0 Å². The van der Waals surface area contributed by atoms with Gasteiger partial charge in [-0.05, 0) is 66.4 Å². The summed E-state index contributed by atoms with van der Waals surface area (Å²) in [7, 11) is 3.47. The number of carbonyl (C=O) groups excluding carboxylic acids is 2. The van der Waals surface area contributed by atoms with Gasteiger partial charge in [-0.15, -0.1) is 0 Å². The molecular formula is C32H33ClFN3O3. The second-order valence-electron chi connectivity index (χ2n) is 10.6. The summed E-state index contributed by atoms with van der Waals surface area (Å²) < 4.78 is 19.7. The summed E-state index contributed by atoms with van der Waals surface area (Å²) in [4.78, 5) is 33.9. The maximum absolute atomic E-state index is 14.9. The fourth-order valence-corrected chi connectivity index (χ4v) is 5.45. The number of aromatic nitrogens is 1. The van der Waals surface area contributed by atoms with Gasteiger partial charge in [-0.1, -0.05) is 35.9 Å². The minimum Gasteiger partial charge on any atom is -0.466 e. The van der Waals surface area contributed by atoms with Crippen LogP contribution in [0.1, 0.15) is 43.9 Å². The first kappa shape index (κ1) is 28.1. The van der Waals surface area contributed by atoms with Gasteiger partial charge in [-0.3, -0.25) is 14.7 Å². The van der Waals surface area contributed by atoms with Crippen LogP contribution < -0.4 is 0 Å². The quantitative estimate of drug-likeness (QED) is 0.272. The highest BCUT2D eigenvalue weighted by atomic mass is 35.5. The van der Waals surface area contributed by atoms with Crippen LogP contribution in [0, 0.1) is 5.82 Å². The third kappa shape index (κ3) is 6.66. The fourth-order valence-electron chi connectivity index (χ4n) is 5.24. The minimum absolute atomic E-state index is 0.130. The van der Waals surface area contributed by atoms with E-state index in [4.69, 9.17) is 16.3 Å². The first-order valence-corrected chi connectivity index (χ1v) is 13.9. The highest BCUT2D eigenvalue weighted by Gasteiger charge is 2.21. The van der Waals surface area contributed by atoms with Crippen LogP contribution in [-0.4, -0.2) is 66.9 Å². The van der Waals surface area contributed by atoms with Gasteiger partial charge in [-0.2, -0.15) is 0 Å². The van der Waals surface area contributed by atoms with Crippen molar-refractivity contribution < 1.29 is 18.7 Å². The largest absolute Gasteiger partial charge is 0.466 e. The van der Waals surface area contributed by atoms with Crippen molar-refractivity contribution in [3.05, 3.63) is 104 Å². The summed E-state index contributed by atoms with van der Waals surface area (Å²) >= 11 is 6.49. The number of hydrogen-bond acceptors (Lipinski definition) is 6. The van der Waals surface area contributed by atoms with Crippen LogP contribution in [0.2, 0.25) is 5.02 Å². The first-order chi connectivity index (χ1) is 19.3. The molecule has 1 saturated heterocycles. The molecule has 1 fully saturated rings. The molecule has 208 valence electrons. The zero-order valence-corrected chi connectivity index (χ0v) is 23.6. The summed E-state index contributed by atoms with van der Waals surface area (Å²) in [6, 6.07) is 12.5. The van der Waals surface area contributed by atoms with Gasteiger partial charge in [0.2, 0.25) is 0 Å². The van der Waals surface area contributed by atoms with Crippen molar-refractivity contribution in [2.75, 3.05) is 40.3 Å². The Morgan fingerprint density at radius 1 is 1.00 bits per heavy atom. The maximum Gasteiger partial charge on any atom is 0.334 e. The minimum atomic E-state index is -0.335. The number of pyridine rings is 1. The molecule has 6 nitrogen and oxygen atoms in total. The Balaban J connectivity index is 1.21. The van der Waals surface area contributed by atoms with E-state index in [0.717, 1.165) is 54.1 Å². The second kappa shape index (κ2) is 12.4. The van der Waals surface area contributed by atoms with Crippen molar-refractivity contribution in [2.45, 2.75) is 32.2 Å². The SMILES string of the molecule is COC(=O)C1=Cc2cc(CCc3cc(CC(=O)c4ccc(CN5CCN(C)CC5)c(F)c4)ccc3Cl)cnc2C1. The van der Waals surface area contributed by atoms with Crippen molar-refractivity contribution in [3.8, 4) is 0 Å². The van der Waals surface area contributed by atoms with Gasteiger partial charge in [0.25, 0.3) is 0 Å². The molecule has 0 amide bonds. The summed E-state index contributed by atoms with van der Waals surface area (Å²) in [5.41, 5.74) is 6.21. The lowest BCUT2D eigenvalue weighted by atomic mass is 9.98. The lowest BCUT2D eigenvalue weighted by Crippen LogP contribution is -2.44. The van der Waals surface area contributed by atoms with Crippen LogP contribution in [0.3, 0.4) is 0 Å². The Bertz CT molecular complexity index is 1460. The van der Waals surface area contributed by atoms with E-state index >= 15 is 0 Å². The van der Waals surface area contributed by atoms with E-state index in [9.17, 15) is 14.0 Å². The van der Waals surface area contributed by atoms with Crippen molar-refractivity contribution in [2.24, 2.45) is 0 Å². The van der Waals surface area contributed by atoms with Crippen LogP contribution in [0.4, 0.5) is 4.39 Å². The molecule has 0 bridgehead atoms. The summed E-state index contributed by atoms with van der Waals surface area (Å²) in [6.45, 7) is 4.32. The van der Waals surface area contributed by atoms with Crippen molar-refractivity contribution in [1.82, 2.24) is 14.8 Å². The van der Waals surface area contributed by atoms with Gasteiger partial charge in [0.1, 0.15) is 5.82 Å². The standard InChI is InChI=1S/C32H33ClFN3O3/c1-36-9-11-37(12-10-36)20-25-7-6-24(17-29(25)34)31(38)15-21-4-8-28(33)23(13-21)5-3-22-14-26-16-27(32(39)40-2)18-30(26)35-19-22/h4,6-8,13-14,16-17,19H,3,5,9-12,15,18,20H2,1-2H3. The van der Waals surface area contributed by atoms with Crippen molar-refractivity contribution in [1.29, 1.82) is 0 Å². The molecule has 1 aromatic heterocycles. The normalized spacial score (nSPS) is 15.6. The Morgan fingerprint density at radius 3 is 2.55 bits per heavy atom. The smallest absolute Gasteiger partial charge is 0.334 e. The third-order valence-corrected chi connectivity index (χ3v) is 8.09. The number of rotatable bonds is 9. The van der Waals surface area contributed by atoms with E-state index in [1.54, 1.807) is 12.1 Å². The number of nitrogens with zero attached hydrogens (tertiary/aromatic N) is 3. The molecule has 0 radical (unpaired) electrons. The fraction of sp³-hybridized carbons (Fsp3) is 0.344. The molecule has 5 rings (SSSR count). The Kier molecular flexibility index (Phi) is 8.74. The zero-order valence-electron chi connectivity index (χ0n) is 22.9. The predicted octanol–water partition coefficient (Wildman–Crippen LogP) is 4.94. The van der Waals surface area contributed by atoms with Gasteiger partial charge in [0, 0.05) is 73.5 Å². The average Bonchev–Trinajstić information content (AvgIpc) is 3.38. The van der Waals surface area contributed by atoms with Crippen LogP contribution in [0.15, 0.2) is 54.2 Å². The number of ether oxygens (including phenoxy) is 1. The monoisotopic (exact) mass is 561 g/mol. The maximum atomic E-state index is 14.9. The van der Waals surface area contributed by atoms with Gasteiger partial charge >= 0.3 is 5.97 Å². The number of hydrogen-bond donors (Lipinski definition) is 0. The molecule has 2 aromatic carbocycles. The highest BCUT2D eigenvalue weighted by molar-refractivity contribution is 6.31. The van der Waals surface area contributed by atoms with Gasteiger partial charge < -0.3 is 9.64 Å². The zero-order chi connectivity index (χ0) is 28.2. The average molecular weight is 562 g/mol. The molecule has 0 atom stereocenters. The van der Waals surface area contributed by atoms with Gasteiger partial charge in [0.15, 0.2) is 5.78 Å². The number of piperazine rings is 1. The van der Waals surface area contributed by atoms with E-state index < -0.39 is 0 Å². The first-order valence-electron chi connectivity index (χ1n) is 13.6. The van der Waals surface area contributed by atoms with Crippen LogP contribution in [-0.2, 0) is 41.8 Å². The molecule has 40 heavy (non-hydrogen) atoms. The molecule has 2 heterocycles. The summed E-state index contributed by atoms with van der Waals surface area (Å²) in [5, 5.41) is 0.637. The third-order valence-electron chi connectivity index (χ3n) is 7.72. The Morgan fingerprint density at radius 2 is 1.80 bits per heavy atom. The lowest BCUT2D eigenvalue weighted by molar-refractivity contribution is -0.136. The highest BCUT2D eigenvalue weighted by Crippen LogP contribution is 2.26. The van der Waals surface area contributed by atoms with Gasteiger partial charge in [-0.25, -0.2) is 9.18 Å².